The minimum atomic E-state index is 0.783. The highest BCUT2D eigenvalue weighted by Gasteiger charge is 2.18. The van der Waals surface area contributed by atoms with E-state index in [4.69, 9.17) is 9.47 Å². The van der Waals surface area contributed by atoms with Crippen molar-refractivity contribution >= 4 is 0 Å². The van der Waals surface area contributed by atoms with Gasteiger partial charge in [-0.25, -0.2) is 0 Å². The normalized spacial score (nSPS) is 21.5. The third kappa shape index (κ3) is 5.85. The molecule has 0 unspecified atom stereocenters. The molecule has 1 aliphatic heterocycles. The van der Waals surface area contributed by atoms with Crippen LogP contribution < -0.4 is 19.3 Å². The van der Waals surface area contributed by atoms with Crippen LogP contribution in [0.2, 0.25) is 0 Å². The van der Waals surface area contributed by atoms with Crippen molar-refractivity contribution in [2.45, 2.75) is 25.7 Å². The van der Waals surface area contributed by atoms with Gasteiger partial charge in [0.05, 0.1) is 27.3 Å². The predicted octanol–water partition coefficient (Wildman–Crippen LogP) is 0.0476. The Bertz CT molecular complexity index is 417. The Morgan fingerprint density at radius 1 is 0.909 bits per heavy atom. The molecule has 0 atom stereocenters. The molecule has 1 aliphatic rings. The summed E-state index contributed by atoms with van der Waals surface area (Å²) < 4.78 is 11.1. The Balaban J connectivity index is 1.49. The Labute approximate surface area is 135 Å². The number of piperazine rings is 1. The van der Waals surface area contributed by atoms with Crippen LogP contribution in [0.3, 0.4) is 0 Å². The quantitative estimate of drug-likeness (QED) is 0.631. The molecule has 0 aromatic heterocycles. The van der Waals surface area contributed by atoms with E-state index in [0.717, 1.165) is 24.5 Å². The lowest BCUT2D eigenvalue weighted by atomic mass is 10.2. The van der Waals surface area contributed by atoms with Crippen molar-refractivity contribution in [2.24, 2.45) is 0 Å². The van der Waals surface area contributed by atoms with Crippen LogP contribution in [0.4, 0.5) is 0 Å². The zero-order valence-electron chi connectivity index (χ0n) is 14.2. The number of rotatable bonds is 9. The average Bonchev–Trinajstić information content (AvgIpc) is 2.56. The van der Waals surface area contributed by atoms with Crippen LogP contribution in [-0.2, 0) is 0 Å². The van der Waals surface area contributed by atoms with Crippen LogP contribution in [-0.4, -0.2) is 53.5 Å². The van der Waals surface area contributed by atoms with Crippen LogP contribution in [0.1, 0.15) is 25.7 Å². The molecule has 2 rings (SSSR count). The smallest absolute Gasteiger partial charge is 0.161 e. The topological polar surface area (TPSA) is 27.3 Å². The van der Waals surface area contributed by atoms with Crippen molar-refractivity contribution in [3.63, 3.8) is 0 Å². The second-order valence-corrected chi connectivity index (χ2v) is 6.37. The Kier molecular flexibility index (Phi) is 7.54. The number of unbranched alkanes of at least 4 members (excludes halogenated alkanes) is 3. The second kappa shape index (κ2) is 9.70. The van der Waals surface area contributed by atoms with Gasteiger partial charge in [-0.15, -0.1) is 0 Å². The zero-order valence-corrected chi connectivity index (χ0v) is 14.2. The molecular formula is C18H32N2O2+2. The van der Waals surface area contributed by atoms with E-state index in [-0.39, 0.29) is 0 Å². The highest BCUT2D eigenvalue weighted by molar-refractivity contribution is 5.39. The van der Waals surface area contributed by atoms with E-state index >= 15 is 0 Å². The summed E-state index contributed by atoms with van der Waals surface area (Å²) in [4.78, 5) is 3.49. The summed E-state index contributed by atoms with van der Waals surface area (Å²) in [7, 11) is 3.99. The maximum Gasteiger partial charge on any atom is 0.161 e. The molecular weight excluding hydrogens is 276 g/mol. The Morgan fingerprint density at radius 3 is 2.32 bits per heavy atom. The summed E-state index contributed by atoms with van der Waals surface area (Å²) >= 11 is 0. The van der Waals surface area contributed by atoms with Crippen molar-refractivity contribution in [3.8, 4) is 11.5 Å². The molecule has 0 aliphatic carbocycles. The fraction of sp³-hybridized carbons (Fsp3) is 0.667. The van der Waals surface area contributed by atoms with Gasteiger partial charge < -0.3 is 19.3 Å². The number of ether oxygens (including phenoxy) is 2. The van der Waals surface area contributed by atoms with Crippen LogP contribution in [0.15, 0.2) is 24.3 Å². The summed E-state index contributed by atoms with van der Waals surface area (Å²) in [6.45, 7) is 7.50. The number of nitrogens with one attached hydrogen (secondary N) is 2. The molecule has 22 heavy (non-hydrogen) atoms. The van der Waals surface area contributed by atoms with E-state index in [1.807, 2.05) is 24.3 Å². The first-order chi connectivity index (χ1) is 10.8. The van der Waals surface area contributed by atoms with Gasteiger partial charge in [-0.2, -0.15) is 0 Å². The lowest BCUT2D eigenvalue weighted by Crippen LogP contribution is -3.27. The fourth-order valence-corrected chi connectivity index (χ4v) is 3.03. The average molecular weight is 308 g/mol. The minimum Gasteiger partial charge on any atom is -0.493 e. The first kappa shape index (κ1) is 17.1. The molecule has 124 valence electrons. The number of hydrogen-bond donors (Lipinski definition) is 2. The molecule has 1 aromatic carbocycles. The standard InChI is InChI=1S/C18H30N2O2/c1-19-12-14-20(15-13-19)11-7-3-4-8-16-22-18-10-6-5-9-17(18)21-2/h5-6,9-10H,3-4,7-8,11-16H2,1-2H3/p+2. The molecule has 1 aromatic rings. The SMILES string of the molecule is COc1ccccc1OCCCCCC[NH+]1CC[NH+](C)CC1. The van der Waals surface area contributed by atoms with Crippen LogP contribution in [0, 0.1) is 0 Å². The number of likely N-dealkylation sites (N-methyl/N-ethyl adjacent to an activating group) is 1. The highest BCUT2D eigenvalue weighted by atomic mass is 16.5. The van der Waals surface area contributed by atoms with Gasteiger partial charge in [0.2, 0.25) is 0 Å². The van der Waals surface area contributed by atoms with Gasteiger partial charge >= 0.3 is 0 Å². The molecule has 0 bridgehead atoms. The summed E-state index contributed by atoms with van der Waals surface area (Å²) in [6, 6.07) is 7.86. The zero-order chi connectivity index (χ0) is 15.6. The third-order valence-electron chi connectivity index (χ3n) is 4.56. The largest absolute Gasteiger partial charge is 0.493 e. The molecule has 1 saturated heterocycles. The van der Waals surface area contributed by atoms with Crippen molar-refractivity contribution < 1.29 is 19.3 Å². The van der Waals surface area contributed by atoms with E-state index in [0.29, 0.717) is 0 Å². The minimum absolute atomic E-state index is 0.783. The monoisotopic (exact) mass is 308 g/mol. The van der Waals surface area contributed by atoms with Crippen LogP contribution >= 0.6 is 0 Å². The van der Waals surface area contributed by atoms with Gasteiger partial charge in [0.1, 0.15) is 26.2 Å². The van der Waals surface area contributed by atoms with Gasteiger partial charge in [0.25, 0.3) is 0 Å². The van der Waals surface area contributed by atoms with E-state index in [1.54, 1.807) is 16.9 Å². The summed E-state index contributed by atoms with van der Waals surface area (Å²) in [6.07, 6.45) is 5.05. The van der Waals surface area contributed by atoms with Crippen molar-refractivity contribution in [2.75, 3.05) is 53.5 Å². The van der Waals surface area contributed by atoms with Crippen molar-refractivity contribution in [1.29, 1.82) is 0 Å². The van der Waals surface area contributed by atoms with E-state index in [9.17, 15) is 0 Å². The lowest BCUT2D eigenvalue weighted by molar-refractivity contribution is -1.00. The first-order valence-electron chi connectivity index (χ1n) is 8.70. The number of methoxy groups -OCH3 is 1. The Hall–Kier alpha value is -1.26. The van der Waals surface area contributed by atoms with Crippen LogP contribution in [0.5, 0.6) is 11.5 Å². The number of para-hydroxylation sites is 2. The molecule has 0 radical (unpaired) electrons. The van der Waals surface area contributed by atoms with Gasteiger partial charge in [-0.1, -0.05) is 12.1 Å². The van der Waals surface area contributed by atoms with E-state index in [2.05, 4.69) is 7.05 Å². The summed E-state index contributed by atoms with van der Waals surface area (Å²) in [5.41, 5.74) is 0. The van der Waals surface area contributed by atoms with Crippen LogP contribution in [0.25, 0.3) is 0 Å². The predicted molar refractivity (Wildman–Crippen MR) is 89.1 cm³/mol. The number of benzene rings is 1. The van der Waals surface area contributed by atoms with Gasteiger partial charge in [-0.3, -0.25) is 0 Å². The molecule has 0 saturated carbocycles. The molecule has 2 N–H and O–H groups in total. The molecule has 1 heterocycles. The molecule has 0 spiro atoms. The maximum absolute atomic E-state index is 5.80. The van der Waals surface area contributed by atoms with Crippen molar-refractivity contribution in [1.82, 2.24) is 0 Å². The van der Waals surface area contributed by atoms with Gasteiger partial charge in [0.15, 0.2) is 11.5 Å². The molecule has 4 nitrogen and oxygen atoms in total. The van der Waals surface area contributed by atoms with Gasteiger partial charge in [0, 0.05) is 0 Å². The fourth-order valence-electron chi connectivity index (χ4n) is 3.03. The number of quaternary nitrogens is 2. The van der Waals surface area contributed by atoms with E-state index in [1.165, 1.54) is 52.0 Å². The second-order valence-electron chi connectivity index (χ2n) is 6.37. The molecule has 4 heteroatoms. The number of hydrogen-bond acceptors (Lipinski definition) is 2. The molecule has 0 amide bonds. The maximum atomic E-state index is 5.80. The summed E-state index contributed by atoms with van der Waals surface area (Å²) in [5, 5.41) is 0. The lowest BCUT2D eigenvalue weighted by Gasteiger charge is -2.27. The summed E-state index contributed by atoms with van der Waals surface area (Å²) in [5.74, 6) is 1.68. The van der Waals surface area contributed by atoms with Gasteiger partial charge in [-0.05, 0) is 37.8 Å². The van der Waals surface area contributed by atoms with Crippen molar-refractivity contribution in [3.05, 3.63) is 24.3 Å². The molecule has 1 fully saturated rings. The Morgan fingerprint density at radius 2 is 1.59 bits per heavy atom. The highest BCUT2D eigenvalue weighted by Crippen LogP contribution is 2.25. The first-order valence-corrected chi connectivity index (χ1v) is 8.70. The van der Waals surface area contributed by atoms with E-state index < -0.39 is 0 Å². The third-order valence-corrected chi connectivity index (χ3v) is 4.56.